The Morgan fingerprint density at radius 2 is 1.06 bits per heavy atom. The van der Waals surface area contributed by atoms with E-state index in [4.69, 9.17) is 4.79 Å². The van der Waals surface area contributed by atoms with Crippen LogP contribution < -0.4 is 16.2 Å². The lowest BCUT2D eigenvalue weighted by molar-refractivity contribution is 0.476. The van der Waals surface area contributed by atoms with Crippen molar-refractivity contribution in [2.75, 3.05) is 0 Å². The standard InChI is InChI=1S/C15H9NO3.C11H4.C2H2O/c17-12-8-4-3-7-11(12)16-13-14(18)9-5-1-2-6-10(9)15(13)19;1-3-5-7-9-11-10-8-6-4-2;1-2-3/h1-8,17H;1-2H2;1H2. The molecule has 0 aliphatic rings. The Morgan fingerprint density at radius 1 is 0.667 bits per heavy atom. The van der Waals surface area contributed by atoms with Crippen molar-refractivity contribution in [2.24, 2.45) is 4.99 Å². The predicted octanol–water partition coefficient (Wildman–Crippen LogP) is 3.58. The van der Waals surface area contributed by atoms with Crippen molar-refractivity contribution in [3.05, 3.63) is 146 Å². The van der Waals surface area contributed by atoms with Crippen LogP contribution >= 0.6 is 0 Å². The normalized spacial score (nSPS) is 7.64. The highest BCUT2D eigenvalue weighted by Crippen LogP contribution is 2.23. The van der Waals surface area contributed by atoms with E-state index in [0.29, 0.717) is 10.8 Å². The third-order valence-electron chi connectivity index (χ3n) is 3.51. The van der Waals surface area contributed by atoms with Crippen molar-refractivity contribution in [2.45, 2.75) is 0 Å². The molecule has 0 aliphatic heterocycles. The topological polar surface area (TPSA) is 83.8 Å². The first-order valence-corrected chi connectivity index (χ1v) is 9.00. The third-order valence-corrected chi connectivity index (χ3v) is 3.51. The third kappa shape index (κ3) is 8.01. The molecule has 0 aliphatic carbocycles. The summed E-state index contributed by atoms with van der Waals surface area (Å²) in [5, 5.41) is 10.2. The van der Waals surface area contributed by atoms with E-state index in [1.165, 1.54) is 12.0 Å². The van der Waals surface area contributed by atoms with Crippen LogP contribution in [-0.2, 0) is 4.79 Å². The first-order chi connectivity index (χ1) is 16.0. The largest absolute Gasteiger partial charge is 0.506 e. The summed E-state index contributed by atoms with van der Waals surface area (Å²) in [4.78, 5) is 36.8. The Morgan fingerprint density at radius 3 is 1.48 bits per heavy atom. The molecule has 0 radical (unpaired) electrons. The van der Waals surface area contributed by atoms with E-state index in [9.17, 15) is 14.7 Å². The quantitative estimate of drug-likeness (QED) is 0.474. The Bertz CT molecular complexity index is 1600. The molecule has 33 heavy (non-hydrogen) atoms. The number of carbonyl (C=O) groups excluding carboxylic acids is 1. The lowest BCUT2D eigenvalue weighted by atomic mass is 10.2. The van der Waals surface area contributed by atoms with Crippen LogP contribution in [-0.4, -0.2) is 11.0 Å². The Hall–Kier alpha value is -5.54. The minimum Gasteiger partial charge on any atom is -0.506 e. The Kier molecular flexibility index (Phi) is 11.2. The fourth-order valence-electron chi connectivity index (χ4n) is 2.26. The number of benzene rings is 2. The molecule has 5 heteroatoms. The molecule has 0 spiro atoms. The van der Waals surface area contributed by atoms with Crippen molar-refractivity contribution >= 4 is 22.4 Å². The van der Waals surface area contributed by atoms with E-state index in [1.54, 1.807) is 42.5 Å². The summed E-state index contributed by atoms with van der Waals surface area (Å²) < 4.78 is 0. The van der Waals surface area contributed by atoms with Crippen molar-refractivity contribution in [3.63, 3.8) is 0 Å². The van der Waals surface area contributed by atoms with Gasteiger partial charge in [-0.05, 0) is 72.0 Å². The van der Waals surface area contributed by atoms with Gasteiger partial charge in [0.15, 0.2) is 5.36 Å². The number of rotatable bonds is 1. The zero-order valence-corrected chi connectivity index (χ0v) is 17.4. The Balaban J connectivity index is 0.000000333. The van der Waals surface area contributed by atoms with Crippen LogP contribution in [0, 0.1) is 0 Å². The number of fused-ring (bicyclic) bond motifs is 1. The second-order valence-corrected chi connectivity index (χ2v) is 5.53. The van der Waals surface area contributed by atoms with Gasteiger partial charge in [-0.15, -0.1) is 0 Å². The summed E-state index contributed by atoms with van der Waals surface area (Å²) in [6, 6.07) is 12.9. The summed E-state index contributed by atoms with van der Waals surface area (Å²) in [6.07, 6.45) is 0. The number of phenolic OH excluding ortho intramolecular Hbond substituents is 1. The summed E-state index contributed by atoms with van der Waals surface area (Å²) in [7, 11) is 0. The molecule has 0 atom stereocenters. The molecular weight excluding hydrogens is 414 g/mol. The van der Waals surface area contributed by atoms with Crippen LogP contribution in [0.15, 0.2) is 134 Å². The zero-order chi connectivity index (χ0) is 24.5. The maximum atomic E-state index is 12.1. The maximum absolute atomic E-state index is 12.1. The monoisotopic (exact) mass is 429 g/mol. The summed E-state index contributed by atoms with van der Waals surface area (Å²) in [5.74, 6) is 1.19. The molecule has 5 nitrogen and oxygen atoms in total. The van der Waals surface area contributed by atoms with Crippen LogP contribution in [0.2, 0.25) is 0 Å². The molecule has 0 saturated heterocycles. The molecule has 0 unspecified atom stereocenters. The number of para-hydroxylation sites is 2. The average Bonchev–Trinajstić information content (AvgIpc) is 3.06. The SMILES string of the molecule is C=C=C=C=C=C=C=C=C=C=C.C=C=O.O=c1c(=Nc2ccccc2O)c(=O)c2ccccc12. The van der Waals surface area contributed by atoms with Gasteiger partial charge in [0.1, 0.15) is 17.4 Å². The Labute approximate surface area is 189 Å². The molecule has 156 valence electrons. The van der Waals surface area contributed by atoms with Gasteiger partial charge in [-0.3, -0.25) is 9.59 Å². The summed E-state index contributed by atoms with van der Waals surface area (Å²) in [5.41, 5.74) is 21.4. The van der Waals surface area contributed by atoms with Crippen LogP contribution in [0.1, 0.15) is 0 Å². The number of hydrogen-bond donors (Lipinski definition) is 1. The highest BCUT2D eigenvalue weighted by Gasteiger charge is 2.10. The second kappa shape index (κ2) is 14.4. The highest BCUT2D eigenvalue weighted by molar-refractivity contribution is 5.83. The predicted molar refractivity (Wildman–Crippen MR) is 126 cm³/mol. The lowest BCUT2D eigenvalue weighted by Crippen LogP contribution is -2.31. The molecule has 3 rings (SSSR count). The van der Waals surface area contributed by atoms with E-state index in [1.807, 2.05) is 0 Å². The molecule has 1 N–H and O–H groups in total. The first kappa shape index (κ1) is 25.5. The number of aromatic hydroxyl groups is 1. The zero-order valence-electron chi connectivity index (χ0n) is 17.4. The van der Waals surface area contributed by atoms with Gasteiger partial charge in [-0.1, -0.05) is 47.9 Å². The van der Waals surface area contributed by atoms with Crippen molar-refractivity contribution in [1.29, 1.82) is 0 Å². The highest BCUT2D eigenvalue weighted by atomic mass is 16.3. The van der Waals surface area contributed by atoms with Gasteiger partial charge in [0.2, 0.25) is 10.9 Å². The van der Waals surface area contributed by atoms with Gasteiger partial charge in [-0.25, -0.2) is 9.79 Å². The molecule has 3 aromatic rings. The molecule has 0 aromatic heterocycles. The molecule has 3 aromatic carbocycles. The van der Waals surface area contributed by atoms with E-state index in [-0.39, 0.29) is 16.8 Å². The van der Waals surface area contributed by atoms with Crippen LogP contribution in [0.5, 0.6) is 5.75 Å². The number of phenols is 1. The maximum Gasteiger partial charge on any atom is 0.216 e. The average molecular weight is 429 g/mol. The van der Waals surface area contributed by atoms with Gasteiger partial charge in [0.05, 0.1) is 0 Å². The van der Waals surface area contributed by atoms with Crippen LogP contribution in [0.4, 0.5) is 5.69 Å². The van der Waals surface area contributed by atoms with Crippen molar-refractivity contribution in [1.82, 2.24) is 0 Å². The van der Waals surface area contributed by atoms with E-state index in [2.05, 4.69) is 76.3 Å². The second-order valence-electron chi connectivity index (χ2n) is 5.53. The fraction of sp³-hybridized carbons (Fsp3) is 0. The van der Waals surface area contributed by atoms with Crippen molar-refractivity contribution in [3.8, 4) is 5.75 Å². The molecular formula is C28H15NO4. The minimum absolute atomic E-state index is 0.0634. The molecule has 0 bridgehead atoms. The first-order valence-electron chi connectivity index (χ1n) is 9.00. The van der Waals surface area contributed by atoms with Gasteiger partial charge >= 0.3 is 0 Å². The van der Waals surface area contributed by atoms with E-state index in [0.717, 1.165) is 0 Å². The smallest absolute Gasteiger partial charge is 0.216 e. The number of hydrogen-bond acceptors (Lipinski definition) is 5. The van der Waals surface area contributed by atoms with Gasteiger partial charge < -0.3 is 5.11 Å². The number of nitrogens with zero attached hydrogens (tertiary/aromatic N) is 1. The molecule has 0 amide bonds. The van der Waals surface area contributed by atoms with E-state index >= 15 is 0 Å². The lowest BCUT2D eigenvalue weighted by Gasteiger charge is -1.94. The summed E-state index contributed by atoms with van der Waals surface area (Å²) >= 11 is 0. The van der Waals surface area contributed by atoms with Crippen molar-refractivity contribution < 1.29 is 9.90 Å². The van der Waals surface area contributed by atoms with Gasteiger partial charge in [0, 0.05) is 10.8 Å². The van der Waals surface area contributed by atoms with Gasteiger partial charge in [-0.2, -0.15) is 0 Å². The summed E-state index contributed by atoms with van der Waals surface area (Å²) in [6.45, 7) is 9.23. The fourth-order valence-corrected chi connectivity index (χ4v) is 2.26. The molecule has 0 heterocycles. The van der Waals surface area contributed by atoms with Crippen LogP contribution in [0.25, 0.3) is 10.8 Å². The molecule has 0 fully saturated rings. The molecule has 0 saturated carbocycles. The van der Waals surface area contributed by atoms with Crippen LogP contribution in [0.3, 0.4) is 0 Å². The van der Waals surface area contributed by atoms with Gasteiger partial charge in [0.25, 0.3) is 0 Å². The minimum atomic E-state index is -0.399. The van der Waals surface area contributed by atoms with E-state index < -0.39 is 10.9 Å².